The van der Waals surface area contributed by atoms with Gasteiger partial charge in [-0.3, -0.25) is 9.36 Å². The molecule has 0 saturated heterocycles. The highest BCUT2D eigenvalue weighted by atomic mass is 32.2. The maximum atomic E-state index is 13.4. The van der Waals surface area contributed by atoms with Gasteiger partial charge in [-0.1, -0.05) is 49.2 Å². The van der Waals surface area contributed by atoms with Crippen molar-refractivity contribution < 1.29 is 9.21 Å². The Morgan fingerprint density at radius 3 is 2.69 bits per heavy atom. The number of anilines is 1. The molecule has 1 amide bonds. The zero-order valence-corrected chi connectivity index (χ0v) is 19.0. The Hall–Kier alpha value is -3.05. The van der Waals surface area contributed by atoms with Crippen LogP contribution in [0.1, 0.15) is 51.5 Å². The van der Waals surface area contributed by atoms with Gasteiger partial charge in [0, 0.05) is 18.3 Å². The first-order valence-corrected chi connectivity index (χ1v) is 12.0. The summed E-state index contributed by atoms with van der Waals surface area (Å²) < 4.78 is 7.78. The Morgan fingerprint density at radius 2 is 2.00 bits per heavy atom. The number of amides is 1. The third kappa shape index (κ3) is 4.89. The predicted octanol–water partition coefficient (Wildman–Crippen LogP) is 5.47. The van der Waals surface area contributed by atoms with Gasteiger partial charge in [-0.15, -0.1) is 10.2 Å². The van der Waals surface area contributed by atoms with E-state index in [2.05, 4.69) is 20.8 Å². The summed E-state index contributed by atoms with van der Waals surface area (Å²) in [5.74, 6) is 1.36. The molecule has 1 atom stereocenters. The Morgan fingerprint density at radius 1 is 1.22 bits per heavy atom. The summed E-state index contributed by atoms with van der Waals surface area (Å²) in [6, 6.07) is 15.7. The van der Waals surface area contributed by atoms with E-state index in [4.69, 9.17) is 9.68 Å². The Kier molecular flexibility index (Phi) is 7.28. The molecule has 1 aliphatic carbocycles. The van der Waals surface area contributed by atoms with E-state index in [9.17, 15) is 4.79 Å². The maximum absolute atomic E-state index is 13.4. The standard InChI is InChI=1S/C24H27N5O2S/c1-18(23(30)28(16-9-15-25)19-10-4-2-5-11-19)32-24-27-26-22(21-14-8-17-31-21)29(24)20-12-6-3-7-13-20/h2,4-5,8,10-11,14,17-18,20H,3,6-7,9,12-13,16H2,1H3. The third-order valence-corrected chi connectivity index (χ3v) is 6.80. The molecule has 166 valence electrons. The molecule has 32 heavy (non-hydrogen) atoms. The van der Waals surface area contributed by atoms with E-state index in [-0.39, 0.29) is 17.6 Å². The molecular weight excluding hydrogens is 422 g/mol. The molecule has 0 aliphatic heterocycles. The highest BCUT2D eigenvalue weighted by molar-refractivity contribution is 8.00. The SMILES string of the molecule is CC(Sc1nnc(-c2ccco2)n1C1CCCCC1)C(=O)N(CCC#N)c1ccccc1. The molecule has 0 spiro atoms. The van der Waals surface area contributed by atoms with Crippen LogP contribution in [0.15, 0.2) is 58.3 Å². The lowest BCUT2D eigenvalue weighted by Crippen LogP contribution is -2.37. The van der Waals surface area contributed by atoms with Crippen LogP contribution in [0, 0.1) is 11.3 Å². The number of thioether (sulfide) groups is 1. The van der Waals surface area contributed by atoms with E-state index in [0.717, 1.165) is 23.7 Å². The van der Waals surface area contributed by atoms with Crippen LogP contribution >= 0.6 is 11.8 Å². The van der Waals surface area contributed by atoms with E-state index in [1.165, 1.54) is 31.0 Å². The van der Waals surface area contributed by atoms with Gasteiger partial charge in [0.2, 0.25) is 11.7 Å². The first kappa shape index (κ1) is 22.2. The molecule has 2 aromatic heterocycles. The van der Waals surface area contributed by atoms with Crippen LogP contribution in [0.2, 0.25) is 0 Å². The summed E-state index contributed by atoms with van der Waals surface area (Å²) in [5, 5.41) is 18.3. The molecule has 1 saturated carbocycles. The van der Waals surface area contributed by atoms with Crippen molar-refractivity contribution in [3.05, 3.63) is 48.7 Å². The number of carbonyl (C=O) groups excluding carboxylic acids is 1. The van der Waals surface area contributed by atoms with Crippen molar-refractivity contribution in [3.8, 4) is 17.7 Å². The Balaban J connectivity index is 1.60. The second-order valence-corrected chi connectivity index (χ2v) is 9.25. The molecule has 2 heterocycles. The highest BCUT2D eigenvalue weighted by Gasteiger charge is 2.29. The van der Waals surface area contributed by atoms with Crippen LogP contribution in [-0.4, -0.2) is 32.5 Å². The van der Waals surface area contributed by atoms with Crippen molar-refractivity contribution in [2.24, 2.45) is 0 Å². The topological polar surface area (TPSA) is 87.9 Å². The summed E-state index contributed by atoms with van der Waals surface area (Å²) in [7, 11) is 0. The van der Waals surface area contributed by atoms with Crippen molar-refractivity contribution >= 4 is 23.4 Å². The van der Waals surface area contributed by atoms with Crippen LogP contribution < -0.4 is 4.90 Å². The number of rotatable bonds is 8. The largest absolute Gasteiger partial charge is 0.461 e. The van der Waals surface area contributed by atoms with Gasteiger partial charge in [0.1, 0.15) is 0 Å². The van der Waals surface area contributed by atoms with Crippen molar-refractivity contribution in [1.82, 2.24) is 14.8 Å². The Labute approximate surface area is 192 Å². The number of benzene rings is 1. The highest BCUT2D eigenvalue weighted by Crippen LogP contribution is 2.37. The zero-order valence-electron chi connectivity index (χ0n) is 18.2. The molecule has 0 radical (unpaired) electrons. The van der Waals surface area contributed by atoms with Crippen LogP contribution in [0.25, 0.3) is 11.6 Å². The molecule has 0 N–H and O–H groups in total. The van der Waals surface area contributed by atoms with Gasteiger partial charge >= 0.3 is 0 Å². The molecule has 7 nitrogen and oxygen atoms in total. The summed E-state index contributed by atoms with van der Waals surface area (Å²) in [6.07, 6.45) is 7.65. The monoisotopic (exact) mass is 449 g/mol. The minimum Gasteiger partial charge on any atom is -0.461 e. The fourth-order valence-electron chi connectivity index (χ4n) is 4.16. The third-order valence-electron chi connectivity index (χ3n) is 5.76. The van der Waals surface area contributed by atoms with Gasteiger partial charge in [0.25, 0.3) is 0 Å². The number of carbonyl (C=O) groups is 1. The smallest absolute Gasteiger partial charge is 0.240 e. The lowest BCUT2D eigenvalue weighted by atomic mass is 9.95. The number of furan rings is 1. The van der Waals surface area contributed by atoms with Gasteiger partial charge < -0.3 is 9.32 Å². The molecule has 0 bridgehead atoms. The number of nitriles is 1. The van der Waals surface area contributed by atoms with Gasteiger partial charge in [-0.25, -0.2) is 0 Å². The maximum Gasteiger partial charge on any atom is 0.240 e. The molecule has 1 aromatic carbocycles. The van der Waals surface area contributed by atoms with Crippen LogP contribution in [0.3, 0.4) is 0 Å². The fourth-order valence-corrected chi connectivity index (χ4v) is 5.15. The average Bonchev–Trinajstić information content (AvgIpc) is 3.50. The van der Waals surface area contributed by atoms with Crippen LogP contribution in [0.5, 0.6) is 0 Å². The number of nitrogens with zero attached hydrogens (tertiary/aromatic N) is 5. The fraction of sp³-hybridized carbons (Fsp3) is 0.417. The molecule has 8 heteroatoms. The minimum atomic E-state index is -0.384. The molecule has 1 aliphatic rings. The van der Waals surface area contributed by atoms with E-state index < -0.39 is 0 Å². The Bertz CT molecular complexity index is 1050. The minimum absolute atomic E-state index is 0.0470. The van der Waals surface area contributed by atoms with Crippen molar-refractivity contribution in [3.63, 3.8) is 0 Å². The second-order valence-electron chi connectivity index (χ2n) is 7.94. The van der Waals surface area contributed by atoms with Gasteiger partial charge in [-0.05, 0) is 44.0 Å². The molecule has 1 unspecified atom stereocenters. The van der Waals surface area contributed by atoms with E-state index in [1.54, 1.807) is 11.2 Å². The number of hydrogen-bond donors (Lipinski definition) is 0. The summed E-state index contributed by atoms with van der Waals surface area (Å²) in [6.45, 7) is 2.25. The molecular formula is C24H27N5O2S. The summed E-state index contributed by atoms with van der Waals surface area (Å²) in [4.78, 5) is 15.1. The van der Waals surface area contributed by atoms with Gasteiger partial charge in [-0.2, -0.15) is 5.26 Å². The number of aromatic nitrogens is 3. The van der Waals surface area contributed by atoms with Crippen molar-refractivity contribution in [1.29, 1.82) is 5.26 Å². The quantitative estimate of drug-likeness (QED) is 0.424. The number of hydrogen-bond acceptors (Lipinski definition) is 6. The molecule has 4 rings (SSSR count). The molecule has 3 aromatic rings. The van der Waals surface area contributed by atoms with Crippen LogP contribution in [-0.2, 0) is 4.79 Å². The second kappa shape index (κ2) is 10.5. The summed E-state index contributed by atoms with van der Waals surface area (Å²) >= 11 is 1.42. The van der Waals surface area contributed by atoms with E-state index >= 15 is 0 Å². The van der Waals surface area contributed by atoms with Crippen molar-refractivity contribution in [2.45, 2.75) is 61.9 Å². The van der Waals surface area contributed by atoms with Gasteiger partial charge in [0.05, 0.1) is 24.0 Å². The van der Waals surface area contributed by atoms with Gasteiger partial charge in [0.15, 0.2) is 10.9 Å². The predicted molar refractivity (Wildman–Crippen MR) is 124 cm³/mol. The summed E-state index contributed by atoms with van der Waals surface area (Å²) in [5.41, 5.74) is 0.797. The first-order chi connectivity index (χ1) is 15.7. The lowest BCUT2D eigenvalue weighted by molar-refractivity contribution is -0.117. The lowest BCUT2D eigenvalue weighted by Gasteiger charge is -2.27. The average molecular weight is 450 g/mol. The number of para-hydroxylation sites is 1. The van der Waals surface area contributed by atoms with Crippen LogP contribution in [0.4, 0.5) is 5.69 Å². The molecule has 1 fully saturated rings. The normalized spacial score (nSPS) is 15.2. The zero-order chi connectivity index (χ0) is 22.3. The van der Waals surface area contributed by atoms with E-state index in [0.29, 0.717) is 24.2 Å². The first-order valence-electron chi connectivity index (χ1n) is 11.1. The van der Waals surface area contributed by atoms with E-state index in [1.807, 2.05) is 49.4 Å². The van der Waals surface area contributed by atoms with Crippen molar-refractivity contribution in [2.75, 3.05) is 11.4 Å².